The van der Waals surface area contributed by atoms with Crippen LogP contribution in [0.25, 0.3) is 0 Å². The number of hydrogen-bond acceptors (Lipinski definition) is 6. The van der Waals surface area contributed by atoms with E-state index < -0.39 is 21.8 Å². The molecule has 0 radical (unpaired) electrons. The van der Waals surface area contributed by atoms with Gasteiger partial charge in [-0.15, -0.1) is 11.3 Å². The van der Waals surface area contributed by atoms with E-state index in [1.54, 1.807) is 6.07 Å². The summed E-state index contributed by atoms with van der Waals surface area (Å²) < 4.78 is 44.7. The lowest BCUT2D eigenvalue weighted by molar-refractivity contribution is -0.135. The number of esters is 1. The zero-order valence-corrected chi connectivity index (χ0v) is 18.4. The van der Waals surface area contributed by atoms with Crippen LogP contribution in [0, 0.1) is 12.7 Å². The Morgan fingerprint density at radius 2 is 1.77 bits per heavy atom. The first kappa shape index (κ1) is 22.4. The van der Waals surface area contributed by atoms with Crippen molar-refractivity contribution in [1.82, 2.24) is 9.21 Å². The Hall–Kier alpha value is -2.30. The van der Waals surface area contributed by atoms with Crippen molar-refractivity contribution < 1.29 is 27.1 Å². The van der Waals surface area contributed by atoms with Gasteiger partial charge in [-0.1, -0.05) is 6.92 Å². The van der Waals surface area contributed by atoms with Gasteiger partial charge in [0.1, 0.15) is 10.7 Å². The van der Waals surface area contributed by atoms with Gasteiger partial charge in [0.2, 0.25) is 10.0 Å². The molecule has 2 heterocycles. The van der Waals surface area contributed by atoms with Crippen LogP contribution < -0.4 is 0 Å². The number of hydrogen-bond donors (Lipinski definition) is 0. The fraction of sp³-hybridized carbons (Fsp3) is 0.400. The van der Waals surface area contributed by atoms with E-state index in [0.29, 0.717) is 4.88 Å². The minimum atomic E-state index is -3.75. The average molecular weight is 455 g/mol. The molecule has 1 fully saturated rings. The molecule has 3 rings (SSSR count). The Kier molecular flexibility index (Phi) is 6.89. The summed E-state index contributed by atoms with van der Waals surface area (Å²) in [6.45, 7) is 4.16. The summed E-state index contributed by atoms with van der Waals surface area (Å²) in [7, 11) is -3.75. The molecule has 162 valence electrons. The number of amides is 1. The smallest absolute Gasteiger partial charge is 0.348 e. The summed E-state index contributed by atoms with van der Waals surface area (Å²) in [5, 5.41) is 0. The lowest BCUT2D eigenvalue weighted by atomic mass is 10.2. The van der Waals surface area contributed by atoms with Crippen molar-refractivity contribution in [2.24, 2.45) is 0 Å². The summed E-state index contributed by atoms with van der Waals surface area (Å²) in [6, 6.07) is 6.42. The fourth-order valence-corrected chi connectivity index (χ4v) is 5.62. The van der Waals surface area contributed by atoms with E-state index in [0.717, 1.165) is 29.0 Å². The molecule has 0 spiro atoms. The third kappa shape index (κ3) is 4.88. The van der Waals surface area contributed by atoms with Crippen molar-refractivity contribution in [2.45, 2.75) is 25.2 Å². The number of ether oxygens (including phenoxy) is 1. The molecule has 0 aliphatic carbocycles. The van der Waals surface area contributed by atoms with Crippen LogP contribution in [0.4, 0.5) is 4.39 Å². The number of carbonyl (C=O) groups excluding carboxylic acids is 2. The Bertz CT molecular complexity index is 1030. The SMILES string of the molecule is CCc1cc(C(=O)OCC(=O)N2CCN(S(=O)(=O)c3ccc(F)cc3)CC2)sc1C. The van der Waals surface area contributed by atoms with Crippen LogP contribution in [-0.4, -0.2) is 62.3 Å². The number of thiophene rings is 1. The number of aryl methyl sites for hydroxylation is 2. The molecule has 0 bridgehead atoms. The highest BCUT2D eigenvalue weighted by Crippen LogP contribution is 2.23. The summed E-state index contributed by atoms with van der Waals surface area (Å²) in [5.74, 6) is -1.41. The lowest BCUT2D eigenvalue weighted by Crippen LogP contribution is -2.51. The molecule has 2 aromatic rings. The summed E-state index contributed by atoms with van der Waals surface area (Å²) in [5.41, 5.74) is 1.08. The first-order valence-corrected chi connectivity index (χ1v) is 11.8. The Labute approximate surface area is 179 Å². The molecule has 0 unspecified atom stereocenters. The third-order valence-electron chi connectivity index (χ3n) is 4.97. The molecule has 0 N–H and O–H groups in total. The van der Waals surface area contributed by atoms with Crippen molar-refractivity contribution in [2.75, 3.05) is 32.8 Å². The van der Waals surface area contributed by atoms with Crippen molar-refractivity contribution in [3.05, 3.63) is 51.5 Å². The number of sulfonamides is 1. The highest BCUT2D eigenvalue weighted by atomic mass is 32.2. The van der Waals surface area contributed by atoms with Gasteiger partial charge in [-0.25, -0.2) is 17.6 Å². The third-order valence-corrected chi connectivity index (χ3v) is 7.96. The molecule has 0 saturated carbocycles. The van der Waals surface area contributed by atoms with E-state index in [9.17, 15) is 22.4 Å². The molecule has 1 saturated heterocycles. The summed E-state index contributed by atoms with van der Waals surface area (Å²) in [4.78, 5) is 27.5. The molecule has 1 aromatic carbocycles. The molecule has 10 heteroatoms. The maximum atomic E-state index is 13.0. The Morgan fingerprint density at radius 1 is 1.13 bits per heavy atom. The summed E-state index contributed by atoms with van der Waals surface area (Å²) >= 11 is 1.34. The lowest BCUT2D eigenvalue weighted by Gasteiger charge is -2.33. The molecule has 7 nitrogen and oxygen atoms in total. The first-order valence-electron chi connectivity index (χ1n) is 9.52. The van der Waals surface area contributed by atoms with Gasteiger partial charge >= 0.3 is 5.97 Å². The van der Waals surface area contributed by atoms with Gasteiger partial charge in [-0.05, 0) is 49.2 Å². The van der Waals surface area contributed by atoms with Crippen LogP contribution in [0.15, 0.2) is 35.2 Å². The number of carbonyl (C=O) groups is 2. The van der Waals surface area contributed by atoms with Crippen LogP contribution in [0.5, 0.6) is 0 Å². The van der Waals surface area contributed by atoms with Crippen molar-refractivity contribution >= 4 is 33.2 Å². The van der Waals surface area contributed by atoms with Gasteiger partial charge in [0, 0.05) is 31.1 Å². The Balaban J connectivity index is 1.52. The highest BCUT2D eigenvalue weighted by Gasteiger charge is 2.30. The standard InChI is InChI=1S/C20H23FN2O5S2/c1-3-15-12-18(29-14(15)2)20(25)28-13-19(24)22-8-10-23(11-9-22)30(26,27)17-6-4-16(21)5-7-17/h4-7,12H,3,8-11,13H2,1-2H3. The van der Waals surface area contributed by atoms with Gasteiger partial charge in [0.25, 0.3) is 5.91 Å². The van der Waals surface area contributed by atoms with Crippen LogP contribution in [0.3, 0.4) is 0 Å². The molecular formula is C20H23FN2O5S2. The van der Waals surface area contributed by atoms with Gasteiger partial charge in [-0.2, -0.15) is 4.31 Å². The highest BCUT2D eigenvalue weighted by molar-refractivity contribution is 7.89. The number of piperazine rings is 1. The van der Waals surface area contributed by atoms with Crippen molar-refractivity contribution in [1.29, 1.82) is 0 Å². The number of benzene rings is 1. The van der Waals surface area contributed by atoms with E-state index >= 15 is 0 Å². The van der Waals surface area contributed by atoms with E-state index in [-0.39, 0.29) is 43.6 Å². The second-order valence-corrected chi connectivity index (χ2v) is 10.1. The molecule has 1 aromatic heterocycles. The van der Waals surface area contributed by atoms with Crippen LogP contribution in [0.1, 0.15) is 27.0 Å². The van der Waals surface area contributed by atoms with Gasteiger partial charge < -0.3 is 9.64 Å². The summed E-state index contributed by atoms with van der Waals surface area (Å²) in [6.07, 6.45) is 0.819. The van der Waals surface area contributed by atoms with E-state index in [1.807, 2.05) is 13.8 Å². The number of nitrogens with zero attached hydrogens (tertiary/aromatic N) is 2. The zero-order chi connectivity index (χ0) is 21.9. The number of rotatable bonds is 6. The van der Waals surface area contributed by atoms with Crippen molar-refractivity contribution in [3.8, 4) is 0 Å². The minimum absolute atomic E-state index is 0.00953. The molecule has 1 amide bonds. The average Bonchev–Trinajstić information content (AvgIpc) is 3.13. The van der Waals surface area contributed by atoms with E-state index in [2.05, 4.69) is 0 Å². The van der Waals surface area contributed by atoms with Crippen LogP contribution in [0.2, 0.25) is 0 Å². The van der Waals surface area contributed by atoms with E-state index in [4.69, 9.17) is 4.74 Å². The van der Waals surface area contributed by atoms with Gasteiger partial charge in [-0.3, -0.25) is 4.79 Å². The fourth-order valence-electron chi connectivity index (χ4n) is 3.19. The van der Waals surface area contributed by atoms with Crippen LogP contribution >= 0.6 is 11.3 Å². The normalized spacial score (nSPS) is 15.2. The monoisotopic (exact) mass is 454 g/mol. The zero-order valence-electron chi connectivity index (χ0n) is 16.8. The second-order valence-electron chi connectivity index (χ2n) is 6.86. The predicted molar refractivity (Wildman–Crippen MR) is 110 cm³/mol. The maximum Gasteiger partial charge on any atom is 0.348 e. The van der Waals surface area contributed by atoms with Crippen LogP contribution in [-0.2, 0) is 26.0 Å². The maximum absolute atomic E-state index is 13.0. The van der Waals surface area contributed by atoms with Gasteiger partial charge in [0.05, 0.1) is 4.90 Å². The topological polar surface area (TPSA) is 84.0 Å². The van der Waals surface area contributed by atoms with Crippen molar-refractivity contribution in [3.63, 3.8) is 0 Å². The first-order chi connectivity index (χ1) is 14.2. The molecule has 1 aliphatic rings. The largest absolute Gasteiger partial charge is 0.451 e. The minimum Gasteiger partial charge on any atom is -0.451 e. The molecule has 1 aliphatic heterocycles. The molecule has 30 heavy (non-hydrogen) atoms. The van der Waals surface area contributed by atoms with Gasteiger partial charge in [0.15, 0.2) is 6.61 Å². The molecule has 0 atom stereocenters. The quantitative estimate of drug-likeness (QED) is 0.626. The molecular weight excluding hydrogens is 431 g/mol. The Morgan fingerprint density at radius 3 is 2.33 bits per heavy atom. The predicted octanol–water partition coefficient (Wildman–Crippen LogP) is 2.45. The second kappa shape index (κ2) is 9.23. The number of halogens is 1. The van der Waals surface area contributed by atoms with E-state index in [1.165, 1.54) is 32.7 Å².